The number of hydrogen-bond donors (Lipinski definition) is 0. The summed E-state index contributed by atoms with van der Waals surface area (Å²) in [5.41, 5.74) is 39.7. The van der Waals surface area contributed by atoms with Crippen LogP contribution >= 0.6 is 0 Å². The molecule has 0 bridgehead atoms. The van der Waals surface area contributed by atoms with Gasteiger partial charge in [0.05, 0.1) is 10.8 Å². The highest BCUT2D eigenvalue weighted by Gasteiger charge is 2.55. The summed E-state index contributed by atoms with van der Waals surface area (Å²) in [6.45, 7) is 8.73. The van der Waals surface area contributed by atoms with E-state index in [0.717, 1.165) is 19.3 Å². The van der Waals surface area contributed by atoms with E-state index in [1.807, 2.05) is 18.2 Å². The second-order valence-corrected chi connectivity index (χ2v) is 24.7. The van der Waals surface area contributed by atoms with Crippen LogP contribution in [0, 0.1) is 27.7 Å². The molecule has 0 saturated heterocycles. The number of benzene rings is 12. The molecular formula is C86H66. The van der Waals surface area contributed by atoms with Crippen LogP contribution in [0.4, 0.5) is 0 Å². The monoisotopic (exact) mass is 1100 g/mol. The van der Waals surface area contributed by atoms with Crippen molar-refractivity contribution < 1.29 is 0 Å². The summed E-state index contributed by atoms with van der Waals surface area (Å²) in [5.74, 6) is 0.496. The summed E-state index contributed by atoms with van der Waals surface area (Å²) in [5, 5.41) is 0. The highest BCUT2D eigenvalue weighted by Crippen LogP contribution is 2.66. The lowest BCUT2D eigenvalue weighted by Gasteiger charge is -2.33. The highest BCUT2D eigenvalue weighted by molar-refractivity contribution is 5.96. The van der Waals surface area contributed by atoms with Gasteiger partial charge in [0, 0.05) is 5.92 Å². The lowest BCUT2D eigenvalue weighted by atomic mass is 9.68. The van der Waals surface area contributed by atoms with Crippen LogP contribution in [0.1, 0.15) is 101 Å². The van der Waals surface area contributed by atoms with E-state index in [-0.39, 0.29) is 10.8 Å². The van der Waals surface area contributed by atoms with Crippen molar-refractivity contribution in [3.05, 3.63) is 380 Å². The van der Waals surface area contributed by atoms with E-state index in [0.29, 0.717) is 5.92 Å². The van der Waals surface area contributed by atoms with Gasteiger partial charge in [0.2, 0.25) is 0 Å². The third-order valence-corrected chi connectivity index (χ3v) is 19.9. The van der Waals surface area contributed by atoms with E-state index in [2.05, 4.69) is 295 Å². The maximum atomic E-state index is 2.54. The molecule has 6 aliphatic rings. The third-order valence-electron chi connectivity index (χ3n) is 19.9. The molecule has 0 N–H and O–H groups in total. The Labute approximate surface area is 507 Å². The van der Waals surface area contributed by atoms with Gasteiger partial charge in [-0.05, 0) is 209 Å². The fourth-order valence-electron chi connectivity index (χ4n) is 16.2. The van der Waals surface area contributed by atoms with Gasteiger partial charge in [-0.15, -0.1) is 0 Å². The molecule has 0 nitrogen and oxygen atoms in total. The predicted molar refractivity (Wildman–Crippen MR) is 359 cm³/mol. The Morgan fingerprint density at radius 2 is 0.884 bits per heavy atom. The van der Waals surface area contributed by atoms with E-state index in [9.17, 15) is 0 Å². The first-order valence-electron chi connectivity index (χ1n) is 30.8. The lowest BCUT2D eigenvalue weighted by molar-refractivity contribution is 0.707. The third kappa shape index (κ3) is 7.82. The Morgan fingerprint density at radius 1 is 0.349 bits per heavy atom. The fourth-order valence-corrected chi connectivity index (χ4v) is 16.2. The van der Waals surface area contributed by atoms with Crippen molar-refractivity contribution in [1.29, 1.82) is 0 Å². The van der Waals surface area contributed by atoms with E-state index in [1.54, 1.807) is 5.57 Å². The molecule has 12 aromatic carbocycles. The van der Waals surface area contributed by atoms with Crippen molar-refractivity contribution in [3.8, 4) is 66.8 Å². The first kappa shape index (κ1) is 51.7. The molecule has 0 fully saturated rings. The number of fused-ring (bicyclic) bond motifs is 23. The Kier molecular flexibility index (Phi) is 12.3. The van der Waals surface area contributed by atoms with Crippen LogP contribution in [0.2, 0.25) is 0 Å². The molecule has 0 radical (unpaired) electrons. The van der Waals surface area contributed by atoms with Gasteiger partial charge < -0.3 is 0 Å². The zero-order valence-corrected chi connectivity index (χ0v) is 49.3. The zero-order chi connectivity index (χ0) is 57.7. The number of aryl methyl sites for hydroxylation is 4. The van der Waals surface area contributed by atoms with Crippen molar-refractivity contribution in [3.63, 3.8) is 0 Å². The van der Waals surface area contributed by atoms with Gasteiger partial charge in [0.1, 0.15) is 0 Å². The molecule has 12 aromatic rings. The Bertz CT molecular complexity index is 4720. The maximum absolute atomic E-state index is 2.54. The molecule has 0 amide bonds. The Hall–Kier alpha value is -9.88. The molecule has 2 unspecified atom stereocenters. The molecule has 0 aromatic heterocycles. The molecule has 0 aliphatic heterocycles. The van der Waals surface area contributed by atoms with E-state index in [1.165, 1.54) is 156 Å². The van der Waals surface area contributed by atoms with Crippen molar-refractivity contribution in [1.82, 2.24) is 0 Å². The Balaban J connectivity index is 0.000000149. The molecule has 0 heterocycles. The van der Waals surface area contributed by atoms with Crippen LogP contribution in [-0.2, 0) is 23.7 Å². The molecule has 18 rings (SSSR count). The number of allylic oxidation sites excluding steroid dienone is 4. The largest absolute Gasteiger partial charge is 0.0836 e. The minimum atomic E-state index is -0.319. The summed E-state index contributed by atoms with van der Waals surface area (Å²) >= 11 is 0. The molecule has 0 heteroatoms. The van der Waals surface area contributed by atoms with Gasteiger partial charge in [0.15, 0.2) is 0 Å². The van der Waals surface area contributed by atoms with Crippen LogP contribution < -0.4 is 0 Å². The normalized spacial score (nSPS) is 16.4. The van der Waals surface area contributed by atoms with Crippen LogP contribution in [-0.4, -0.2) is 0 Å². The van der Waals surface area contributed by atoms with Crippen molar-refractivity contribution >= 4 is 0 Å². The first-order chi connectivity index (χ1) is 42.3. The van der Waals surface area contributed by atoms with Crippen LogP contribution in [0.25, 0.3) is 66.8 Å². The van der Waals surface area contributed by atoms with Gasteiger partial charge in [-0.25, -0.2) is 0 Å². The van der Waals surface area contributed by atoms with E-state index >= 15 is 0 Å². The quantitative estimate of drug-likeness (QED) is 0.165. The SMILES string of the molecule is Cc1ccc2c(c1)C1(C3=CC=CCC3c3ccccc31)c1ccccc1-2.Cc1ccccc1.Cc1ccccc1-c1cc(-c2ccc3c(c2)-c2c(Cc4ccc5c(c4)C4(c6ccccc6-c6ccccc64)c4ccccc4-5)cccc2C3)ccc1C. The van der Waals surface area contributed by atoms with Gasteiger partial charge in [0.25, 0.3) is 0 Å². The maximum Gasteiger partial charge on any atom is 0.0725 e. The smallest absolute Gasteiger partial charge is 0.0725 e. The van der Waals surface area contributed by atoms with Gasteiger partial charge in [-0.1, -0.05) is 284 Å². The molecule has 6 aliphatic carbocycles. The summed E-state index contributed by atoms with van der Waals surface area (Å²) < 4.78 is 0. The zero-order valence-electron chi connectivity index (χ0n) is 49.3. The van der Waals surface area contributed by atoms with Crippen molar-refractivity contribution in [2.75, 3.05) is 0 Å². The van der Waals surface area contributed by atoms with E-state index < -0.39 is 0 Å². The van der Waals surface area contributed by atoms with Crippen molar-refractivity contribution in [2.24, 2.45) is 0 Å². The number of rotatable bonds is 4. The topological polar surface area (TPSA) is 0 Å². The molecule has 86 heavy (non-hydrogen) atoms. The van der Waals surface area contributed by atoms with E-state index in [4.69, 9.17) is 0 Å². The minimum Gasteiger partial charge on any atom is -0.0836 e. The Morgan fingerprint density at radius 3 is 1.53 bits per heavy atom. The first-order valence-corrected chi connectivity index (χ1v) is 30.8. The second-order valence-electron chi connectivity index (χ2n) is 24.7. The van der Waals surface area contributed by atoms with Crippen LogP contribution in [0.5, 0.6) is 0 Å². The van der Waals surface area contributed by atoms with Crippen LogP contribution in [0.3, 0.4) is 0 Å². The van der Waals surface area contributed by atoms with Crippen molar-refractivity contribution in [2.45, 2.75) is 63.7 Å². The lowest BCUT2D eigenvalue weighted by Crippen LogP contribution is -2.27. The summed E-state index contributed by atoms with van der Waals surface area (Å²) in [7, 11) is 0. The van der Waals surface area contributed by atoms with Gasteiger partial charge >= 0.3 is 0 Å². The molecule has 2 atom stereocenters. The molecule has 0 saturated carbocycles. The summed E-state index contributed by atoms with van der Waals surface area (Å²) in [6.07, 6.45) is 9.95. The van der Waals surface area contributed by atoms with Gasteiger partial charge in [-0.3, -0.25) is 0 Å². The average Bonchev–Trinajstić information content (AvgIpc) is 1.53. The van der Waals surface area contributed by atoms with Crippen LogP contribution in [0.15, 0.2) is 291 Å². The molecular weight excluding hydrogens is 1030 g/mol. The predicted octanol–water partition coefficient (Wildman–Crippen LogP) is 21.4. The molecule has 410 valence electrons. The fraction of sp³-hybridized carbons (Fsp3) is 0.116. The molecule has 2 spiro atoms. The summed E-state index contributed by atoms with van der Waals surface area (Å²) in [6, 6.07) is 99.8. The highest BCUT2D eigenvalue weighted by atomic mass is 14.6. The second kappa shape index (κ2) is 20.4. The standard InChI is InChI=1S/C53H38.C26H20.C7H8/c1-33-12-3-4-15-41(33)46-31-36(24-22-34(46)2)37-25-26-38-30-40-14-11-13-39(52(40)47(38)32-37)28-35-23-27-45-44-18-7-10-21-50(44)53(51(45)29-35)48-19-8-5-16-42(48)43-17-6-9-20-49(43)53;1-17-14-15-21-20-10-4-7-13-24(20)26(25(21)16-17)22-11-5-2-8-18(22)19-9-3-6-12-23(19)26;1-7-5-3-2-4-6-7/h3-27,29,31-32H,28,30H2,1-2H3;2-8,10-16,19H,9H2,1H3;2-6H,1H3. The average molecular weight is 1100 g/mol. The summed E-state index contributed by atoms with van der Waals surface area (Å²) in [4.78, 5) is 0. The van der Waals surface area contributed by atoms with Gasteiger partial charge in [-0.2, -0.15) is 0 Å². The number of hydrogen-bond acceptors (Lipinski definition) is 0. The minimum absolute atomic E-state index is 0.121.